The number of amides is 1. The fourth-order valence-corrected chi connectivity index (χ4v) is 3.92. The number of anilines is 2. The Kier molecular flexibility index (Phi) is 5.50. The zero-order valence-electron chi connectivity index (χ0n) is 16.6. The van der Waals surface area contributed by atoms with Gasteiger partial charge in [0.15, 0.2) is 5.76 Å². The second-order valence-electron chi connectivity index (χ2n) is 6.69. The van der Waals surface area contributed by atoms with Gasteiger partial charge < -0.3 is 18.8 Å². The van der Waals surface area contributed by atoms with E-state index in [9.17, 15) is 9.59 Å². The maximum Gasteiger partial charge on any atom is 0.381 e. The van der Waals surface area contributed by atoms with Gasteiger partial charge in [-0.15, -0.1) is 10.2 Å². The van der Waals surface area contributed by atoms with Gasteiger partial charge in [-0.1, -0.05) is 11.3 Å². The summed E-state index contributed by atoms with van der Waals surface area (Å²) in [7, 11) is 1.61. The Hall–Kier alpha value is -3.25. The second kappa shape index (κ2) is 8.24. The lowest BCUT2D eigenvalue weighted by atomic mass is 10.2. The number of carbonyl (C=O) groups excluding carboxylic acids is 1. The molecule has 3 aromatic heterocycles. The van der Waals surface area contributed by atoms with Gasteiger partial charge in [-0.2, -0.15) is 5.10 Å². The largest absolute Gasteiger partial charge is 0.483 e. The first-order valence-electron chi connectivity index (χ1n) is 9.20. The van der Waals surface area contributed by atoms with Gasteiger partial charge in [0.1, 0.15) is 6.61 Å². The summed E-state index contributed by atoms with van der Waals surface area (Å²) in [5.74, 6) is -0.668. The fraction of sp³-hybridized carbons (Fsp3) is 0.389. The van der Waals surface area contributed by atoms with Crippen LogP contribution in [0.4, 0.5) is 10.8 Å². The zero-order chi connectivity index (χ0) is 21.3. The van der Waals surface area contributed by atoms with Crippen molar-refractivity contribution in [2.45, 2.75) is 19.9 Å². The Bertz CT molecular complexity index is 1120. The number of aryl methyl sites for hydroxylation is 1. The van der Waals surface area contributed by atoms with E-state index in [0.717, 1.165) is 17.0 Å². The van der Waals surface area contributed by atoms with Crippen molar-refractivity contribution in [2.75, 3.05) is 37.1 Å². The topological polar surface area (TPSA) is 125 Å². The lowest BCUT2D eigenvalue weighted by Gasteiger charge is -2.34. The highest BCUT2D eigenvalue weighted by molar-refractivity contribution is 7.17. The van der Waals surface area contributed by atoms with Crippen LogP contribution in [0.15, 0.2) is 27.5 Å². The van der Waals surface area contributed by atoms with E-state index in [-0.39, 0.29) is 22.7 Å². The van der Waals surface area contributed by atoms with Crippen LogP contribution in [-0.4, -0.2) is 58.8 Å². The first-order chi connectivity index (χ1) is 14.5. The number of rotatable bonds is 6. The highest BCUT2D eigenvalue weighted by Crippen LogP contribution is 2.31. The van der Waals surface area contributed by atoms with Crippen molar-refractivity contribution in [2.24, 2.45) is 0 Å². The Balaban J connectivity index is 1.59. The molecule has 158 valence electrons. The molecule has 12 heteroatoms. The van der Waals surface area contributed by atoms with Crippen LogP contribution >= 0.6 is 11.3 Å². The summed E-state index contributed by atoms with van der Waals surface area (Å²) in [5.41, 5.74) is 0.671. The van der Waals surface area contributed by atoms with E-state index in [1.54, 1.807) is 18.0 Å². The lowest BCUT2D eigenvalue weighted by Crippen LogP contribution is -2.43. The van der Waals surface area contributed by atoms with Crippen LogP contribution in [0.1, 0.15) is 23.2 Å². The molecule has 0 saturated heterocycles. The summed E-state index contributed by atoms with van der Waals surface area (Å²) in [5, 5.41) is 15.5. The summed E-state index contributed by atoms with van der Waals surface area (Å²) in [4.78, 5) is 27.1. The van der Waals surface area contributed by atoms with E-state index in [4.69, 9.17) is 13.9 Å². The third kappa shape index (κ3) is 3.78. The van der Waals surface area contributed by atoms with E-state index in [1.165, 1.54) is 6.07 Å². The SMILES string of the molecule is COC[C@@H](C)N1CCOc2c1cc(C(=O)Nc1nnc(-n3nccc3C)s1)oc2=O. The van der Waals surface area contributed by atoms with Gasteiger partial charge in [0.2, 0.25) is 16.0 Å². The standard InChI is InChI=1S/C18H20N6O5S/c1-10-4-5-19-24(10)18-22-21-17(30-18)20-15(25)13-8-12-14(16(26)29-13)28-7-6-23(12)11(2)9-27-3/h4-5,8,11H,6-7,9H2,1-3H3,(H,20,21,25)/t11-/m1/s1. The molecule has 0 radical (unpaired) electrons. The Morgan fingerprint density at radius 3 is 3.00 bits per heavy atom. The highest BCUT2D eigenvalue weighted by Gasteiger charge is 2.28. The first-order valence-corrected chi connectivity index (χ1v) is 10.0. The summed E-state index contributed by atoms with van der Waals surface area (Å²) in [6.45, 7) is 5.21. The van der Waals surface area contributed by atoms with Crippen molar-refractivity contribution in [3.63, 3.8) is 0 Å². The number of aromatic nitrogens is 4. The molecule has 0 spiro atoms. The zero-order valence-corrected chi connectivity index (χ0v) is 17.4. The van der Waals surface area contributed by atoms with E-state index < -0.39 is 11.5 Å². The molecule has 0 unspecified atom stereocenters. The smallest absolute Gasteiger partial charge is 0.381 e. The Morgan fingerprint density at radius 1 is 1.43 bits per heavy atom. The van der Waals surface area contributed by atoms with Gasteiger partial charge >= 0.3 is 5.63 Å². The molecule has 3 aromatic rings. The molecule has 11 nitrogen and oxygen atoms in total. The average molecular weight is 432 g/mol. The summed E-state index contributed by atoms with van der Waals surface area (Å²) in [6.07, 6.45) is 1.65. The molecule has 0 fully saturated rings. The molecular formula is C18H20N6O5S. The number of methoxy groups -OCH3 is 1. The van der Waals surface area contributed by atoms with Crippen LogP contribution in [-0.2, 0) is 4.74 Å². The molecule has 0 aliphatic carbocycles. The Labute approximate surface area is 175 Å². The van der Waals surface area contributed by atoms with Crippen LogP contribution in [0.3, 0.4) is 0 Å². The van der Waals surface area contributed by atoms with E-state index in [2.05, 4.69) is 20.6 Å². The molecule has 0 saturated carbocycles. The molecule has 1 atom stereocenters. The third-order valence-electron chi connectivity index (χ3n) is 4.59. The summed E-state index contributed by atoms with van der Waals surface area (Å²) in [6, 6.07) is 3.31. The van der Waals surface area contributed by atoms with Crippen LogP contribution < -0.4 is 20.6 Å². The molecule has 30 heavy (non-hydrogen) atoms. The van der Waals surface area contributed by atoms with Gasteiger partial charge in [-0.3, -0.25) is 10.1 Å². The third-order valence-corrected chi connectivity index (χ3v) is 5.40. The highest BCUT2D eigenvalue weighted by atomic mass is 32.1. The average Bonchev–Trinajstić information content (AvgIpc) is 3.36. The van der Waals surface area contributed by atoms with Crippen molar-refractivity contribution in [3.8, 4) is 10.9 Å². The van der Waals surface area contributed by atoms with Crippen molar-refractivity contribution in [1.82, 2.24) is 20.0 Å². The van der Waals surface area contributed by atoms with E-state index in [1.807, 2.05) is 24.8 Å². The summed E-state index contributed by atoms with van der Waals surface area (Å²) >= 11 is 1.15. The minimum Gasteiger partial charge on any atom is -0.483 e. The van der Waals surface area contributed by atoms with Crippen molar-refractivity contribution >= 4 is 28.1 Å². The monoisotopic (exact) mass is 432 g/mol. The number of nitrogens with zero attached hydrogens (tertiary/aromatic N) is 5. The van der Waals surface area contributed by atoms with Gasteiger partial charge in [0, 0.05) is 31.1 Å². The minimum absolute atomic E-state index is 0.0154. The molecule has 1 aliphatic heterocycles. The van der Waals surface area contributed by atoms with Crippen LogP contribution in [0.25, 0.3) is 5.13 Å². The van der Waals surface area contributed by atoms with Gasteiger partial charge in [-0.25, -0.2) is 9.48 Å². The number of carbonyl (C=O) groups is 1. The molecule has 1 N–H and O–H groups in total. The van der Waals surface area contributed by atoms with Crippen LogP contribution in [0.5, 0.6) is 5.75 Å². The normalized spacial score (nSPS) is 14.2. The van der Waals surface area contributed by atoms with Gasteiger partial charge in [-0.05, 0) is 19.9 Å². The predicted octanol–water partition coefficient (Wildman–Crippen LogP) is 1.47. The number of hydrogen-bond donors (Lipinski definition) is 1. The number of ether oxygens (including phenoxy) is 2. The van der Waals surface area contributed by atoms with Gasteiger partial charge in [0.25, 0.3) is 5.91 Å². The molecular weight excluding hydrogens is 412 g/mol. The molecule has 0 aromatic carbocycles. The molecule has 1 aliphatic rings. The summed E-state index contributed by atoms with van der Waals surface area (Å²) < 4.78 is 17.5. The van der Waals surface area contributed by atoms with Crippen molar-refractivity contribution in [3.05, 3.63) is 40.2 Å². The number of nitrogens with one attached hydrogen (secondary N) is 1. The van der Waals surface area contributed by atoms with Gasteiger partial charge in [0.05, 0.1) is 18.8 Å². The van der Waals surface area contributed by atoms with Crippen molar-refractivity contribution < 1.29 is 18.7 Å². The van der Waals surface area contributed by atoms with E-state index >= 15 is 0 Å². The number of hydrogen-bond acceptors (Lipinski definition) is 10. The fourth-order valence-electron chi connectivity index (χ4n) is 3.16. The molecule has 4 heterocycles. The predicted molar refractivity (Wildman–Crippen MR) is 109 cm³/mol. The van der Waals surface area contributed by atoms with Crippen molar-refractivity contribution in [1.29, 1.82) is 0 Å². The maximum absolute atomic E-state index is 12.7. The second-order valence-corrected chi connectivity index (χ2v) is 7.64. The maximum atomic E-state index is 12.7. The molecule has 4 rings (SSSR count). The van der Waals surface area contributed by atoms with Crippen LogP contribution in [0, 0.1) is 6.92 Å². The van der Waals surface area contributed by atoms with Crippen LogP contribution in [0.2, 0.25) is 0 Å². The minimum atomic E-state index is -0.711. The lowest BCUT2D eigenvalue weighted by molar-refractivity contribution is 0.0990. The van der Waals surface area contributed by atoms with E-state index in [0.29, 0.717) is 30.6 Å². The quantitative estimate of drug-likeness (QED) is 0.616. The number of fused-ring (bicyclic) bond motifs is 1. The molecule has 1 amide bonds. The molecule has 0 bridgehead atoms. The first kappa shape index (κ1) is 20.0. The Morgan fingerprint density at radius 2 is 2.27 bits per heavy atom.